The van der Waals surface area contributed by atoms with Crippen molar-refractivity contribution in [2.45, 2.75) is 44.4 Å². The maximum absolute atomic E-state index is 11.3. The first-order valence-electron chi connectivity index (χ1n) is 7.04. The summed E-state index contributed by atoms with van der Waals surface area (Å²) < 4.78 is 3.18. The van der Waals surface area contributed by atoms with Crippen LogP contribution in [0, 0.1) is 0 Å². The van der Waals surface area contributed by atoms with Gasteiger partial charge in [-0.25, -0.2) is 0 Å². The maximum Gasteiger partial charge on any atom is 0.159 e. The summed E-state index contributed by atoms with van der Waals surface area (Å²) in [7, 11) is 0. The summed E-state index contributed by atoms with van der Waals surface area (Å²) in [6, 6.07) is 7.77. The summed E-state index contributed by atoms with van der Waals surface area (Å²) in [5.74, 6) is 0.965. The highest BCUT2D eigenvalue weighted by Crippen LogP contribution is 2.29. The largest absolute Gasteiger partial charge is 0.295 e. The number of Topliss-reactive ketones (excluding diaryl/α,β-unsaturated/α-hetero) is 1. The molecule has 1 aromatic carbocycles. The number of ketones is 1. The van der Waals surface area contributed by atoms with Gasteiger partial charge in [-0.05, 0) is 48.3 Å². The second kappa shape index (κ2) is 7.27. The van der Waals surface area contributed by atoms with Crippen molar-refractivity contribution >= 4 is 33.5 Å². The zero-order chi connectivity index (χ0) is 15.4. The lowest BCUT2D eigenvalue weighted by atomic mass is 10.2. The van der Waals surface area contributed by atoms with E-state index in [-0.39, 0.29) is 5.78 Å². The van der Waals surface area contributed by atoms with E-state index in [9.17, 15) is 4.79 Å². The van der Waals surface area contributed by atoms with Crippen molar-refractivity contribution in [2.24, 2.45) is 0 Å². The predicted octanol–water partition coefficient (Wildman–Crippen LogP) is 4.72. The third-order valence-corrected chi connectivity index (χ3v) is 5.27. The van der Waals surface area contributed by atoms with Gasteiger partial charge in [0.05, 0.1) is 15.9 Å². The SMILES string of the molecule is CCc1nn(CC)c(CSc2ccc(C(C)=O)cc2)c1Br. The molecule has 0 radical (unpaired) electrons. The van der Waals surface area contributed by atoms with Gasteiger partial charge in [0.15, 0.2) is 5.78 Å². The summed E-state index contributed by atoms with van der Waals surface area (Å²) in [5.41, 5.74) is 3.08. The number of hydrogen-bond donors (Lipinski definition) is 0. The van der Waals surface area contributed by atoms with Gasteiger partial charge in [0, 0.05) is 22.8 Å². The molecule has 2 rings (SSSR count). The summed E-state index contributed by atoms with van der Waals surface area (Å²) in [6.07, 6.45) is 0.929. The molecular weight excluding hydrogens is 348 g/mol. The number of rotatable bonds is 6. The Morgan fingerprint density at radius 3 is 2.48 bits per heavy atom. The number of benzene rings is 1. The van der Waals surface area contributed by atoms with E-state index >= 15 is 0 Å². The fourth-order valence-electron chi connectivity index (χ4n) is 2.09. The van der Waals surface area contributed by atoms with Crippen LogP contribution in [0.4, 0.5) is 0 Å². The standard InChI is InChI=1S/C16H19BrN2OS/c1-4-14-16(17)15(19(5-2)18-14)10-21-13-8-6-12(7-9-13)11(3)20/h6-9H,4-5,10H2,1-3H3. The van der Waals surface area contributed by atoms with Crippen LogP contribution in [0.1, 0.15) is 42.5 Å². The number of halogens is 1. The lowest BCUT2D eigenvalue weighted by molar-refractivity contribution is 0.101. The first kappa shape index (κ1) is 16.3. The fraction of sp³-hybridized carbons (Fsp3) is 0.375. The first-order valence-corrected chi connectivity index (χ1v) is 8.82. The van der Waals surface area contributed by atoms with Crippen molar-refractivity contribution in [3.8, 4) is 0 Å². The second-order valence-electron chi connectivity index (χ2n) is 4.75. The van der Waals surface area contributed by atoms with E-state index < -0.39 is 0 Å². The van der Waals surface area contributed by atoms with E-state index in [1.54, 1.807) is 18.7 Å². The molecule has 0 aliphatic heterocycles. The van der Waals surface area contributed by atoms with E-state index in [1.165, 1.54) is 5.69 Å². The zero-order valence-corrected chi connectivity index (χ0v) is 14.9. The molecule has 0 spiro atoms. The van der Waals surface area contributed by atoms with Gasteiger partial charge in [0.1, 0.15) is 0 Å². The molecule has 3 nitrogen and oxygen atoms in total. The summed E-state index contributed by atoms with van der Waals surface area (Å²) in [4.78, 5) is 12.4. The van der Waals surface area contributed by atoms with Crippen LogP contribution >= 0.6 is 27.7 Å². The fourth-order valence-corrected chi connectivity index (χ4v) is 3.91. The van der Waals surface area contributed by atoms with Gasteiger partial charge >= 0.3 is 0 Å². The lowest BCUT2D eigenvalue weighted by Gasteiger charge is -2.06. The van der Waals surface area contributed by atoms with Gasteiger partial charge in [-0.2, -0.15) is 5.10 Å². The van der Waals surface area contributed by atoms with E-state index in [1.807, 2.05) is 24.3 Å². The maximum atomic E-state index is 11.3. The molecular formula is C16H19BrN2OS. The lowest BCUT2D eigenvalue weighted by Crippen LogP contribution is -2.01. The van der Waals surface area contributed by atoms with Gasteiger partial charge < -0.3 is 0 Å². The number of thioether (sulfide) groups is 1. The Hall–Kier alpha value is -1.07. The predicted molar refractivity (Wildman–Crippen MR) is 91.0 cm³/mol. The van der Waals surface area contributed by atoms with Crippen LogP contribution in [0.5, 0.6) is 0 Å². The molecule has 21 heavy (non-hydrogen) atoms. The number of carbonyl (C=O) groups is 1. The molecule has 2 aromatic rings. The van der Waals surface area contributed by atoms with Crippen molar-refractivity contribution in [3.63, 3.8) is 0 Å². The van der Waals surface area contributed by atoms with Crippen LogP contribution in [0.25, 0.3) is 0 Å². The van der Waals surface area contributed by atoms with Crippen LogP contribution in [0.2, 0.25) is 0 Å². The Labute approximate surface area is 138 Å². The Bertz CT molecular complexity index is 634. The Morgan fingerprint density at radius 1 is 1.29 bits per heavy atom. The molecule has 0 amide bonds. The molecule has 0 fully saturated rings. The van der Waals surface area contributed by atoms with Crippen molar-refractivity contribution < 1.29 is 4.79 Å². The van der Waals surface area contributed by atoms with Crippen LogP contribution in [0.15, 0.2) is 33.6 Å². The summed E-state index contributed by atoms with van der Waals surface area (Å²) in [6.45, 7) is 6.68. The molecule has 0 unspecified atom stereocenters. The molecule has 0 aliphatic carbocycles. The van der Waals surface area contributed by atoms with E-state index in [2.05, 4.69) is 39.6 Å². The number of aromatic nitrogens is 2. The summed E-state index contributed by atoms with van der Waals surface area (Å²) >= 11 is 5.43. The van der Waals surface area contributed by atoms with Crippen LogP contribution in [-0.2, 0) is 18.7 Å². The highest BCUT2D eigenvalue weighted by atomic mass is 79.9. The van der Waals surface area contributed by atoms with Gasteiger partial charge in [-0.3, -0.25) is 9.48 Å². The number of aryl methyl sites for hydroxylation is 2. The van der Waals surface area contributed by atoms with E-state index in [0.29, 0.717) is 0 Å². The van der Waals surface area contributed by atoms with Crippen LogP contribution in [-0.4, -0.2) is 15.6 Å². The van der Waals surface area contributed by atoms with Crippen molar-refractivity contribution in [2.75, 3.05) is 0 Å². The highest BCUT2D eigenvalue weighted by molar-refractivity contribution is 9.10. The average Bonchev–Trinajstić information content (AvgIpc) is 2.81. The van der Waals surface area contributed by atoms with Crippen molar-refractivity contribution in [1.29, 1.82) is 0 Å². The van der Waals surface area contributed by atoms with E-state index in [0.717, 1.165) is 39.3 Å². The molecule has 0 saturated carbocycles. The zero-order valence-electron chi connectivity index (χ0n) is 12.5. The molecule has 112 valence electrons. The Balaban J connectivity index is 2.12. The van der Waals surface area contributed by atoms with Gasteiger partial charge in [-0.15, -0.1) is 11.8 Å². The quantitative estimate of drug-likeness (QED) is 0.547. The monoisotopic (exact) mass is 366 g/mol. The molecule has 0 atom stereocenters. The minimum absolute atomic E-state index is 0.103. The molecule has 0 saturated heterocycles. The van der Waals surface area contributed by atoms with Gasteiger partial charge in [-0.1, -0.05) is 19.1 Å². The topological polar surface area (TPSA) is 34.9 Å². The third kappa shape index (κ3) is 3.77. The molecule has 0 bridgehead atoms. The molecule has 1 heterocycles. The van der Waals surface area contributed by atoms with Gasteiger partial charge in [0.25, 0.3) is 0 Å². The Kier molecular flexibility index (Phi) is 5.65. The second-order valence-corrected chi connectivity index (χ2v) is 6.59. The molecule has 0 N–H and O–H groups in total. The third-order valence-electron chi connectivity index (χ3n) is 3.33. The van der Waals surface area contributed by atoms with Crippen molar-refractivity contribution in [1.82, 2.24) is 9.78 Å². The van der Waals surface area contributed by atoms with Crippen LogP contribution in [0.3, 0.4) is 0 Å². The smallest absolute Gasteiger partial charge is 0.159 e. The van der Waals surface area contributed by atoms with Crippen molar-refractivity contribution in [3.05, 3.63) is 45.7 Å². The normalized spacial score (nSPS) is 10.9. The minimum Gasteiger partial charge on any atom is -0.295 e. The molecule has 5 heteroatoms. The number of carbonyl (C=O) groups excluding carboxylic acids is 1. The average molecular weight is 367 g/mol. The minimum atomic E-state index is 0.103. The number of nitrogens with zero attached hydrogens (tertiary/aromatic N) is 2. The van der Waals surface area contributed by atoms with Gasteiger partial charge in [0.2, 0.25) is 0 Å². The summed E-state index contributed by atoms with van der Waals surface area (Å²) in [5, 5.41) is 4.61. The van der Waals surface area contributed by atoms with Crippen LogP contribution < -0.4 is 0 Å². The first-order chi connectivity index (χ1) is 10.1. The Morgan fingerprint density at radius 2 is 1.95 bits per heavy atom. The molecule has 1 aromatic heterocycles. The van der Waals surface area contributed by atoms with E-state index in [4.69, 9.17) is 0 Å². The molecule has 0 aliphatic rings. The number of hydrogen-bond acceptors (Lipinski definition) is 3. The highest BCUT2D eigenvalue weighted by Gasteiger charge is 2.13.